The van der Waals surface area contributed by atoms with Gasteiger partial charge < -0.3 is 20.9 Å². The molecule has 0 bridgehead atoms. The molecular weight excluding hydrogens is 552 g/mol. The molecule has 0 amide bonds. The van der Waals surface area contributed by atoms with Crippen molar-refractivity contribution in [3.8, 4) is 23.0 Å². The molecular formula is C22H12F12N2O2. The van der Waals surface area contributed by atoms with Crippen LogP contribution in [0.5, 0.6) is 23.0 Å². The molecule has 3 aromatic rings. The molecule has 0 saturated heterocycles. The fraction of sp³-hybridized carbons (Fsp3) is 0.182. The zero-order chi connectivity index (χ0) is 28.8. The number of alkyl halides is 12. The van der Waals surface area contributed by atoms with Crippen molar-refractivity contribution in [1.82, 2.24) is 0 Å². The quantitative estimate of drug-likeness (QED) is 0.246. The molecule has 0 spiro atoms. The molecule has 0 heterocycles. The minimum Gasteiger partial charge on any atom is -0.456 e. The summed E-state index contributed by atoms with van der Waals surface area (Å²) in [6.45, 7) is 0. The van der Waals surface area contributed by atoms with Gasteiger partial charge in [-0.3, -0.25) is 0 Å². The predicted octanol–water partition coefficient (Wildman–Crippen LogP) is 8.51. The molecule has 0 aliphatic carbocycles. The van der Waals surface area contributed by atoms with Gasteiger partial charge in [0, 0.05) is 11.4 Å². The third kappa shape index (κ3) is 5.94. The Hall–Kier alpha value is -3.98. The van der Waals surface area contributed by atoms with Gasteiger partial charge >= 0.3 is 24.7 Å². The number of ether oxygens (including phenoxy) is 2. The Morgan fingerprint density at radius 2 is 0.605 bits per heavy atom. The van der Waals surface area contributed by atoms with Crippen molar-refractivity contribution >= 4 is 11.4 Å². The second-order valence-corrected chi connectivity index (χ2v) is 7.49. The lowest BCUT2D eigenvalue weighted by Crippen LogP contribution is -2.27. The minimum absolute atomic E-state index is 0.0938. The minimum atomic E-state index is -6.32. The van der Waals surface area contributed by atoms with E-state index in [4.69, 9.17) is 11.5 Å². The average molecular weight is 564 g/mol. The van der Waals surface area contributed by atoms with Crippen LogP contribution in [0.15, 0.2) is 48.5 Å². The molecule has 3 aromatic carbocycles. The SMILES string of the molecule is Nc1ccc(Oc2c(C(F)(F)F)c(C(F)(F)F)c(Oc3ccc(N)cc3)c(C(F)(F)F)c2C(F)(F)F)cc1. The van der Waals surface area contributed by atoms with Gasteiger partial charge in [-0.1, -0.05) is 0 Å². The summed E-state index contributed by atoms with van der Waals surface area (Å²) in [7, 11) is 0. The summed E-state index contributed by atoms with van der Waals surface area (Å²) in [6.07, 6.45) is -25.3. The lowest BCUT2D eigenvalue weighted by Gasteiger charge is -2.29. The number of halogens is 12. The maximum atomic E-state index is 14.1. The number of hydrogen-bond donors (Lipinski definition) is 2. The van der Waals surface area contributed by atoms with E-state index in [1.165, 1.54) is 0 Å². The number of nitrogen functional groups attached to an aromatic ring is 2. The van der Waals surface area contributed by atoms with Crippen LogP contribution in [-0.4, -0.2) is 0 Å². The number of anilines is 2. The van der Waals surface area contributed by atoms with E-state index in [2.05, 4.69) is 9.47 Å². The highest BCUT2D eigenvalue weighted by molar-refractivity contribution is 5.65. The second kappa shape index (κ2) is 9.40. The molecule has 0 fully saturated rings. The highest BCUT2D eigenvalue weighted by Crippen LogP contribution is 2.59. The molecule has 206 valence electrons. The van der Waals surface area contributed by atoms with Crippen molar-refractivity contribution in [3.05, 3.63) is 70.8 Å². The summed E-state index contributed by atoms with van der Waals surface area (Å²) in [5.74, 6) is -7.49. The third-order valence-corrected chi connectivity index (χ3v) is 4.74. The van der Waals surface area contributed by atoms with E-state index in [1.807, 2.05) is 0 Å². The van der Waals surface area contributed by atoms with Crippen molar-refractivity contribution in [1.29, 1.82) is 0 Å². The fourth-order valence-corrected chi connectivity index (χ4v) is 3.30. The molecule has 3 rings (SSSR count). The van der Waals surface area contributed by atoms with Crippen LogP contribution in [0, 0.1) is 0 Å². The predicted molar refractivity (Wildman–Crippen MR) is 108 cm³/mol. The number of nitrogens with two attached hydrogens (primary N) is 2. The van der Waals surface area contributed by atoms with Crippen molar-refractivity contribution in [2.24, 2.45) is 0 Å². The van der Waals surface area contributed by atoms with Gasteiger partial charge in [0.05, 0.1) is 0 Å². The second-order valence-electron chi connectivity index (χ2n) is 7.49. The van der Waals surface area contributed by atoms with Gasteiger partial charge in [-0.15, -0.1) is 0 Å². The monoisotopic (exact) mass is 564 g/mol. The summed E-state index contributed by atoms with van der Waals surface area (Å²) in [6, 6.07) is 6.11. The lowest BCUT2D eigenvalue weighted by molar-refractivity contribution is -0.173. The van der Waals surface area contributed by atoms with Gasteiger partial charge in [-0.2, -0.15) is 52.7 Å². The molecule has 0 aliphatic rings. The standard InChI is InChI=1S/C22H12F12N2O2/c23-19(24,25)13-15(21(29,30)31)18(38-12-7-3-10(36)4-8-12)16(22(32,33)34)14(20(26,27)28)17(13)37-11-5-1-9(35)2-6-11/h1-8H,35-36H2. The van der Waals surface area contributed by atoms with E-state index in [9.17, 15) is 52.7 Å². The Morgan fingerprint density at radius 3 is 0.789 bits per heavy atom. The molecule has 16 heteroatoms. The Balaban J connectivity index is 2.60. The maximum absolute atomic E-state index is 14.1. The highest BCUT2D eigenvalue weighted by Gasteiger charge is 2.58. The average Bonchev–Trinajstić information content (AvgIpc) is 2.73. The molecule has 0 saturated carbocycles. The van der Waals surface area contributed by atoms with E-state index in [1.54, 1.807) is 0 Å². The van der Waals surface area contributed by atoms with Gasteiger partial charge in [0.1, 0.15) is 33.8 Å². The van der Waals surface area contributed by atoms with E-state index in [-0.39, 0.29) is 11.4 Å². The van der Waals surface area contributed by atoms with E-state index >= 15 is 0 Å². The number of rotatable bonds is 4. The molecule has 0 radical (unpaired) electrons. The Bertz CT molecular complexity index is 1150. The first-order chi connectivity index (χ1) is 17.2. The zero-order valence-electron chi connectivity index (χ0n) is 18.1. The van der Waals surface area contributed by atoms with E-state index in [0.717, 1.165) is 24.3 Å². The van der Waals surface area contributed by atoms with Gasteiger partial charge in [-0.25, -0.2) is 0 Å². The van der Waals surface area contributed by atoms with Crippen LogP contribution in [0.2, 0.25) is 0 Å². The fourth-order valence-electron chi connectivity index (χ4n) is 3.30. The lowest BCUT2D eigenvalue weighted by atomic mass is 9.92. The van der Waals surface area contributed by atoms with Crippen molar-refractivity contribution in [2.45, 2.75) is 24.7 Å². The van der Waals surface area contributed by atoms with Gasteiger partial charge in [-0.05, 0) is 48.5 Å². The summed E-state index contributed by atoms with van der Waals surface area (Å²) >= 11 is 0. The van der Waals surface area contributed by atoms with Crippen LogP contribution < -0.4 is 20.9 Å². The smallest absolute Gasteiger partial charge is 0.420 e. The Labute approximate surface area is 204 Å². The topological polar surface area (TPSA) is 70.5 Å². The van der Waals surface area contributed by atoms with Gasteiger partial charge in [0.2, 0.25) is 0 Å². The van der Waals surface area contributed by atoms with Crippen molar-refractivity contribution in [2.75, 3.05) is 11.5 Å². The molecule has 38 heavy (non-hydrogen) atoms. The largest absolute Gasteiger partial charge is 0.456 e. The van der Waals surface area contributed by atoms with Crippen LogP contribution in [0.3, 0.4) is 0 Å². The molecule has 0 atom stereocenters. The molecule has 0 aliphatic heterocycles. The molecule has 0 aromatic heterocycles. The van der Waals surface area contributed by atoms with Crippen LogP contribution >= 0.6 is 0 Å². The highest BCUT2D eigenvalue weighted by atomic mass is 19.4. The first kappa shape index (κ1) is 28.6. The molecule has 4 N–H and O–H groups in total. The third-order valence-electron chi connectivity index (χ3n) is 4.74. The summed E-state index contributed by atoms with van der Waals surface area (Å²) in [5, 5.41) is 0. The van der Waals surface area contributed by atoms with Crippen molar-refractivity contribution < 1.29 is 62.2 Å². The van der Waals surface area contributed by atoms with E-state index < -0.39 is 70.0 Å². The number of benzene rings is 3. The van der Waals surface area contributed by atoms with E-state index in [0.29, 0.717) is 24.3 Å². The maximum Gasteiger partial charge on any atom is 0.420 e. The number of hydrogen-bond acceptors (Lipinski definition) is 4. The van der Waals surface area contributed by atoms with Gasteiger partial charge in [0.15, 0.2) is 11.5 Å². The Kier molecular flexibility index (Phi) is 7.07. The van der Waals surface area contributed by atoms with Crippen LogP contribution in [0.1, 0.15) is 22.3 Å². The summed E-state index contributed by atoms with van der Waals surface area (Å²) in [5.41, 5.74) is -2.25. The normalized spacial score (nSPS) is 12.9. The Morgan fingerprint density at radius 1 is 0.395 bits per heavy atom. The van der Waals surface area contributed by atoms with Crippen LogP contribution in [0.25, 0.3) is 0 Å². The summed E-state index contributed by atoms with van der Waals surface area (Å²) < 4.78 is 178. The van der Waals surface area contributed by atoms with Crippen LogP contribution in [-0.2, 0) is 24.7 Å². The first-order valence-corrected chi connectivity index (χ1v) is 9.80. The van der Waals surface area contributed by atoms with Gasteiger partial charge in [0.25, 0.3) is 0 Å². The van der Waals surface area contributed by atoms with Crippen molar-refractivity contribution in [3.63, 3.8) is 0 Å². The van der Waals surface area contributed by atoms with Crippen LogP contribution in [0.4, 0.5) is 64.1 Å². The zero-order valence-corrected chi connectivity index (χ0v) is 18.1. The first-order valence-electron chi connectivity index (χ1n) is 9.80. The molecule has 0 unspecified atom stereocenters. The summed E-state index contributed by atoms with van der Waals surface area (Å²) in [4.78, 5) is 0. The molecule has 4 nitrogen and oxygen atoms in total.